The van der Waals surface area contributed by atoms with Crippen LogP contribution in [0.15, 0.2) is 73.8 Å². The molecule has 4 rings (SSSR count). The minimum Gasteiger partial charge on any atom is -0.493 e. The van der Waals surface area contributed by atoms with Crippen molar-refractivity contribution >= 4 is 33.0 Å². The lowest BCUT2D eigenvalue weighted by molar-refractivity contribution is 0.430. The summed E-state index contributed by atoms with van der Waals surface area (Å²) in [6.07, 6.45) is 3.92. The lowest BCUT2D eigenvalue weighted by atomic mass is 10.1. The molecule has 0 aliphatic rings. The summed E-state index contributed by atoms with van der Waals surface area (Å²) in [5, 5.41) is 11.7. The molecule has 2 aromatic carbocycles. The number of para-hydroxylation sites is 1. The molecule has 4 aromatic rings. The molecular formula is C21H17BrN4O3. The van der Waals surface area contributed by atoms with Gasteiger partial charge in [0.1, 0.15) is 5.56 Å². The predicted molar refractivity (Wildman–Crippen MR) is 116 cm³/mol. The highest BCUT2D eigenvalue weighted by Crippen LogP contribution is 2.19. The maximum absolute atomic E-state index is 12.2. The van der Waals surface area contributed by atoms with E-state index in [1.54, 1.807) is 24.3 Å². The molecule has 0 amide bonds. The summed E-state index contributed by atoms with van der Waals surface area (Å²) in [5.74, 6) is -0.447. The summed E-state index contributed by atoms with van der Waals surface area (Å²) in [5.41, 5.74) is 1.15. The standard InChI is InChI=1S/C21H17BrN4O3/c22-14-5-7-15(8-6-14)26-20(28)17(19(27)25-21(26)29)12-23-10-9-13-11-24-18-4-2-1-3-16(13)18/h1-8,11-12,24,28H,9-10H2,(H,25,27,29). The first-order chi connectivity index (χ1) is 14.0. The summed E-state index contributed by atoms with van der Waals surface area (Å²) >= 11 is 3.32. The van der Waals surface area contributed by atoms with Gasteiger partial charge in [-0.15, -0.1) is 0 Å². The van der Waals surface area contributed by atoms with Crippen molar-refractivity contribution in [3.63, 3.8) is 0 Å². The van der Waals surface area contributed by atoms with Crippen LogP contribution in [0, 0.1) is 0 Å². The topological polar surface area (TPSA) is 103 Å². The highest BCUT2D eigenvalue weighted by atomic mass is 79.9. The Labute approximate surface area is 173 Å². The van der Waals surface area contributed by atoms with Crippen LogP contribution in [0.1, 0.15) is 11.1 Å². The van der Waals surface area contributed by atoms with E-state index in [4.69, 9.17) is 0 Å². The highest BCUT2D eigenvalue weighted by molar-refractivity contribution is 9.10. The normalized spacial score (nSPS) is 11.5. The van der Waals surface area contributed by atoms with Crippen LogP contribution in [0.3, 0.4) is 0 Å². The number of aliphatic imine (C=N–C) groups is 1. The second-order valence-corrected chi connectivity index (χ2v) is 7.37. The van der Waals surface area contributed by atoms with Gasteiger partial charge in [-0.05, 0) is 42.3 Å². The zero-order valence-corrected chi connectivity index (χ0v) is 16.8. The maximum Gasteiger partial charge on any atom is 0.335 e. The van der Waals surface area contributed by atoms with Crippen molar-refractivity contribution in [1.82, 2.24) is 14.5 Å². The van der Waals surface area contributed by atoms with E-state index in [0.717, 1.165) is 25.5 Å². The molecule has 0 saturated carbocycles. The average Bonchev–Trinajstić information content (AvgIpc) is 3.12. The summed E-state index contributed by atoms with van der Waals surface area (Å²) in [6, 6.07) is 14.8. The SMILES string of the molecule is O=c1[nH]c(=O)n(-c2ccc(Br)cc2)c(O)c1C=NCCc1c[nH]c2ccccc12. The third-order valence-electron chi connectivity index (χ3n) is 4.61. The molecule has 0 unspecified atom stereocenters. The molecule has 0 spiro atoms. The van der Waals surface area contributed by atoms with Crippen molar-refractivity contribution < 1.29 is 5.11 Å². The van der Waals surface area contributed by atoms with Gasteiger partial charge < -0.3 is 10.1 Å². The molecule has 3 N–H and O–H groups in total. The lowest BCUT2D eigenvalue weighted by Gasteiger charge is -2.09. The summed E-state index contributed by atoms with van der Waals surface area (Å²) in [4.78, 5) is 34.1. The minimum atomic E-state index is -0.717. The Bertz CT molecular complexity index is 1320. The van der Waals surface area contributed by atoms with Crippen molar-refractivity contribution in [2.24, 2.45) is 4.99 Å². The number of benzene rings is 2. The second kappa shape index (κ2) is 7.92. The number of rotatable bonds is 5. The first-order valence-electron chi connectivity index (χ1n) is 8.93. The van der Waals surface area contributed by atoms with Gasteiger partial charge in [-0.25, -0.2) is 9.36 Å². The Morgan fingerprint density at radius 2 is 1.86 bits per heavy atom. The Kier molecular flexibility index (Phi) is 5.18. The molecule has 0 radical (unpaired) electrons. The Morgan fingerprint density at radius 1 is 1.10 bits per heavy atom. The second-order valence-electron chi connectivity index (χ2n) is 6.45. The van der Waals surface area contributed by atoms with Gasteiger partial charge in [0.2, 0.25) is 5.88 Å². The molecule has 2 aromatic heterocycles. The molecule has 29 heavy (non-hydrogen) atoms. The maximum atomic E-state index is 12.2. The van der Waals surface area contributed by atoms with Gasteiger partial charge in [-0.3, -0.25) is 14.8 Å². The lowest BCUT2D eigenvalue weighted by Crippen LogP contribution is -2.31. The Hall–Kier alpha value is -3.39. The van der Waals surface area contributed by atoms with Gasteiger partial charge in [-0.1, -0.05) is 34.1 Å². The minimum absolute atomic E-state index is 0.0635. The van der Waals surface area contributed by atoms with Crippen LogP contribution >= 0.6 is 15.9 Å². The fraction of sp³-hybridized carbons (Fsp3) is 0.0952. The predicted octanol–water partition coefficient (Wildman–Crippen LogP) is 3.14. The largest absolute Gasteiger partial charge is 0.493 e. The van der Waals surface area contributed by atoms with Crippen LogP contribution in [0.2, 0.25) is 0 Å². The smallest absolute Gasteiger partial charge is 0.335 e. The van der Waals surface area contributed by atoms with Crippen molar-refractivity contribution in [3.8, 4) is 11.6 Å². The molecule has 0 aliphatic heterocycles. The number of aromatic amines is 2. The molecule has 0 atom stereocenters. The number of hydrogen-bond acceptors (Lipinski definition) is 4. The number of fused-ring (bicyclic) bond motifs is 1. The van der Waals surface area contributed by atoms with Crippen LogP contribution in [-0.4, -0.2) is 32.4 Å². The fourth-order valence-corrected chi connectivity index (χ4v) is 3.43. The van der Waals surface area contributed by atoms with Gasteiger partial charge in [0.05, 0.1) is 5.69 Å². The van der Waals surface area contributed by atoms with E-state index < -0.39 is 17.1 Å². The van der Waals surface area contributed by atoms with Crippen molar-refractivity contribution in [1.29, 1.82) is 0 Å². The van der Waals surface area contributed by atoms with Gasteiger partial charge in [0.25, 0.3) is 5.56 Å². The molecule has 0 bridgehead atoms. The molecule has 0 saturated heterocycles. The number of H-pyrrole nitrogens is 2. The average molecular weight is 453 g/mol. The molecule has 2 heterocycles. The third-order valence-corrected chi connectivity index (χ3v) is 5.14. The number of aromatic hydroxyl groups is 1. The number of aromatic nitrogens is 3. The third kappa shape index (κ3) is 3.79. The van der Waals surface area contributed by atoms with Crippen LogP contribution in [0.5, 0.6) is 5.88 Å². The van der Waals surface area contributed by atoms with Crippen molar-refractivity contribution in [2.75, 3.05) is 6.54 Å². The van der Waals surface area contributed by atoms with Crippen LogP contribution < -0.4 is 11.2 Å². The number of nitrogens with zero attached hydrogens (tertiary/aromatic N) is 2. The Balaban J connectivity index is 1.60. The first-order valence-corrected chi connectivity index (χ1v) is 9.73. The summed E-state index contributed by atoms with van der Waals surface area (Å²) in [6.45, 7) is 0.429. The van der Waals surface area contributed by atoms with Gasteiger partial charge in [-0.2, -0.15) is 0 Å². The molecular weight excluding hydrogens is 436 g/mol. The zero-order chi connectivity index (χ0) is 20.4. The molecule has 0 fully saturated rings. The zero-order valence-electron chi connectivity index (χ0n) is 15.2. The quantitative estimate of drug-likeness (QED) is 0.405. The van der Waals surface area contributed by atoms with Crippen LogP contribution in [0.4, 0.5) is 0 Å². The monoisotopic (exact) mass is 452 g/mol. The number of nitrogens with one attached hydrogen (secondary N) is 2. The molecule has 0 aliphatic carbocycles. The molecule has 8 heteroatoms. The number of hydrogen-bond donors (Lipinski definition) is 3. The van der Waals surface area contributed by atoms with Crippen LogP contribution in [0.25, 0.3) is 16.6 Å². The van der Waals surface area contributed by atoms with E-state index in [1.807, 2.05) is 30.5 Å². The van der Waals surface area contributed by atoms with E-state index in [0.29, 0.717) is 18.7 Å². The van der Waals surface area contributed by atoms with Gasteiger partial charge >= 0.3 is 5.69 Å². The van der Waals surface area contributed by atoms with Gasteiger partial charge in [0, 0.05) is 34.3 Å². The van der Waals surface area contributed by atoms with Gasteiger partial charge in [0.15, 0.2) is 0 Å². The van der Waals surface area contributed by atoms with E-state index in [9.17, 15) is 14.7 Å². The highest BCUT2D eigenvalue weighted by Gasteiger charge is 2.14. The van der Waals surface area contributed by atoms with Crippen molar-refractivity contribution in [3.05, 3.63) is 91.2 Å². The Morgan fingerprint density at radius 3 is 2.66 bits per heavy atom. The number of halogens is 1. The van der Waals surface area contributed by atoms with E-state index >= 15 is 0 Å². The van der Waals surface area contributed by atoms with E-state index in [2.05, 4.69) is 30.9 Å². The summed E-state index contributed by atoms with van der Waals surface area (Å²) < 4.78 is 1.87. The molecule has 146 valence electrons. The first kappa shape index (κ1) is 18.9. The van der Waals surface area contributed by atoms with E-state index in [-0.39, 0.29) is 5.56 Å². The fourth-order valence-electron chi connectivity index (χ4n) is 3.16. The van der Waals surface area contributed by atoms with Crippen molar-refractivity contribution in [2.45, 2.75) is 6.42 Å². The van der Waals surface area contributed by atoms with Crippen LogP contribution in [-0.2, 0) is 6.42 Å². The summed E-state index contributed by atoms with van der Waals surface area (Å²) in [7, 11) is 0. The van der Waals surface area contributed by atoms with E-state index in [1.165, 1.54) is 6.21 Å². The molecule has 7 nitrogen and oxygen atoms in total.